The molecule has 3 aromatic rings. The van der Waals surface area contributed by atoms with Gasteiger partial charge in [-0.1, -0.05) is 0 Å². The molecule has 0 bridgehead atoms. The zero-order valence-electron chi connectivity index (χ0n) is 18.3. The number of carbonyl (C=O) groups is 1. The van der Waals surface area contributed by atoms with Crippen LogP contribution in [-0.2, 0) is 4.74 Å². The van der Waals surface area contributed by atoms with Gasteiger partial charge in [0, 0.05) is 26.5 Å². The molecule has 0 spiro atoms. The first kappa shape index (κ1) is 22.8. The number of aryl methyl sites for hydroxylation is 1. The van der Waals surface area contributed by atoms with Crippen LogP contribution in [0.4, 0.5) is 0 Å². The van der Waals surface area contributed by atoms with Crippen molar-refractivity contribution in [2.45, 2.75) is 19.8 Å². The fourth-order valence-electron chi connectivity index (χ4n) is 3.26. The van der Waals surface area contributed by atoms with Crippen molar-refractivity contribution in [3.05, 3.63) is 53.3 Å². The van der Waals surface area contributed by atoms with Gasteiger partial charge in [-0.15, -0.1) is 0 Å². The first-order valence-electron chi connectivity index (χ1n) is 10.1. The SMILES string of the molecule is COCCCCNC(=O)c1ccc(-n2ncc(-c3cc(OC)c(C#N)cc3C)c2O)nc1. The van der Waals surface area contributed by atoms with E-state index in [0.29, 0.717) is 47.0 Å². The molecule has 0 radical (unpaired) electrons. The minimum absolute atomic E-state index is 0.109. The number of nitrogens with one attached hydrogen (secondary N) is 1. The van der Waals surface area contributed by atoms with Crippen molar-refractivity contribution in [2.24, 2.45) is 0 Å². The van der Waals surface area contributed by atoms with Gasteiger partial charge in [-0.05, 0) is 55.2 Å². The summed E-state index contributed by atoms with van der Waals surface area (Å²) in [7, 11) is 3.13. The molecule has 2 N–H and O–H groups in total. The second-order valence-electron chi connectivity index (χ2n) is 7.13. The fourth-order valence-corrected chi connectivity index (χ4v) is 3.26. The van der Waals surface area contributed by atoms with Crippen molar-refractivity contribution < 1.29 is 19.4 Å². The Kier molecular flexibility index (Phi) is 7.41. The van der Waals surface area contributed by atoms with Crippen LogP contribution in [0.1, 0.15) is 34.3 Å². The van der Waals surface area contributed by atoms with E-state index in [2.05, 4.69) is 21.5 Å². The van der Waals surface area contributed by atoms with Gasteiger partial charge in [0.1, 0.15) is 11.8 Å². The molecular formula is C23H25N5O4. The van der Waals surface area contributed by atoms with Gasteiger partial charge in [0.15, 0.2) is 5.82 Å². The van der Waals surface area contributed by atoms with Crippen molar-refractivity contribution in [1.29, 1.82) is 5.26 Å². The number of hydrogen-bond acceptors (Lipinski definition) is 7. The number of nitrogens with zero attached hydrogens (tertiary/aromatic N) is 4. The molecule has 32 heavy (non-hydrogen) atoms. The molecule has 0 aliphatic rings. The average Bonchev–Trinajstić information content (AvgIpc) is 3.19. The number of hydrogen-bond donors (Lipinski definition) is 2. The molecule has 0 atom stereocenters. The molecule has 9 nitrogen and oxygen atoms in total. The van der Waals surface area contributed by atoms with E-state index in [9.17, 15) is 15.2 Å². The Balaban J connectivity index is 1.79. The smallest absolute Gasteiger partial charge is 0.252 e. The predicted molar refractivity (Wildman–Crippen MR) is 118 cm³/mol. The first-order valence-corrected chi connectivity index (χ1v) is 10.1. The lowest BCUT2D eigenvalue weighted by Crippen LogP contribution is -2.24. The second-order valence-corrected chi connectivity index (χ2v) is 7.13. The average molecular weight is 435 g/mol. The van der Waals surface area contributed by atoms with E-state index < -0.39 is 0 Å². The number of carbonyl (C=O) groups excluding carboxylic acids is 1. The third kappa shape index (κ3) is 4.87. The highest BCUT2D eigenvalue weighted by Crippen LogP contribution is 2.36. The minimum atomic E-state index is -0.216. The van der Waals surface area contributed by atoms with E-state index in [-0.39, 0.29) is 11.8 Å². The highest BCUT2D eigenvalue weighted by atomic mass is 16.5. The monoisotopic (exact) mass is 435 g/mol. The summed E-state index contributed by atoms with van der Waals surface area (Å²) in [6.07, 6.45) is 4.66. The van der Waals surface area contributed by atoms with Crippen molar-refractivity contribution in [1.82, 2.24) is 20.1 Å². The Morgan fingerprint density at radius 1 is 1.22 bits per heavy atom. The van der Waals surface area contributed by atoms with E-state index in [1.165, 1.54) is 24.2 Å². The minimum Gasteiger partial charge on any atom is -0.495 e. The Morgan fingerprint density at radius 3 is 2.69 bits per heavy atom. The number of unbranched alkanes of at least 4 members (excludes halogenated alkanes) is 1. The molecule has 0 aliphatic carbocycles. The van der Waals surface area contributed by atoms with E-state index in [4.69, 9.17) is 9.47 Å². The van der Waals surface area contributed by atoms with Gasteiger partial charge < -0.3 is 19.9 Å². The van der Waals surface area contributed by atoms with Gasteiger partial charge in [-0.25, -0.2) is 4.98 Å². The van der Waals surface area contributed by atoms with Gasteiger partial charge in [0.25, 0.3) is 5.91 Å². The van der Waals surface area contributed by atoms with Crippen molar-refractivity contribution in [3.63, 3.8) is 0 Å². The molecular weight excluding hydrogens is 410 g/mol. The molecule has 166 valence electrons. The number of pyridine rings is 1. The number of rotatable bonds is 9. The lowest BCUT2D eigenvalue weighted by Gasteiger charge is -2.10. The summed E-state index contributed by atoms with van der Waals surface area (Å²) in [6.45, 7) is 3.06. The van der Waals surface area contributed by atoms with Gasteiger partial charge in [-0.3, -0.25) is 4.79 Å². The van der Waals surface area contributed by atoms with Gasteiger partial charge in [0.05, 0.1) is 30.0 Å². The van der Waals surface area contributed by atoms with E-state index in [0.717, 1.165) is 18.4 Å². The quantitative estimate of drug-likeness (QED) is 0.495. The maximum atomic E-state index is 12.2. The highest BCUT2D eigenvalue weighted by molar-refractivity contribution is 5.93. The van der Waals surface area contributed by atoms with Crippen molar-refractivity contribution >= 4 is 5.91 Å². The summed E-state index contributed by atoms with van der Waals surface area (Å²) in [5.74, 6) is 0.453. The van der Waals surface area contributed by atoms with Crippen LogP contribution < -0.4 is 10.1 Å². The molecule has 3 rings (SSSR count). The Morgan fingerprint density at radius 2 is 2.03 bits per heavy atom. The van der Waals surface area contributed by atoms with Crippen LogP contribution in [0.25, 0.3) is 16.9 Å². The van der Waals surface area contributed by atoms with Gasteiger partial charge in [0.2, 0.25) is 5.88 Å². The first-order chi connectivity index (χ1) is 15.5. The number of amides is 1. The third-order valence-electron chi connectivity index (χ3n) is 4.99. The molecule has 0 saturated heterocycles. The summed E-state index contributed by atoms with van der Waals surface area (Å²) in [4.78, 5) is 16.5. The van der Waals surface area contributed by atoms with Crippen LogP contribution in [0, 0.1) is 18.3 Å². The molecule has 2 heterocycles. The van der Waals surface area contributed by atoms with Crippen LogP contribution in [0.2, 0.25) is 0 Å². The third-order valence-corrected chi connectivity index (χ3v) is 4.99. The number of aromatic nitrogens is 3. The summed E-state index contributed by atoms with van der Waals surface area (Å²) < 4.78 is 11.5. The number of methoxy groups -OCH3 is 2. The van der Waals surface area contributed by atoms with Gasteiger partial charge >= 0.3 is 0 Å². The van der Waals surface area contributed by atoms with Crippen LogP contribution in [0.3, 0.4) is 0 Å². The van der Waals surface area contributed by atoms with Crippen LogP contribution in [0.5, 0.6) is 11.6 Å². The fraction of sp³-hybridized carbons (Fsp3) is 0.304. The van der Waals surface area contributed by atoms with E-state index in [1.807, 2.05) is 6.92 Å². The Bertz CT molecular complexity index is 1130. The van der Waals surface area contributed by atoms with Gasteiger partial charge in [-0.2, -0.15) is 15.0 Å². The van der Waals surface area contributed by atoms with Crippen LogP contribution >= 0.6 is 0 Å². The largest absolute Gasteiger partial charge is 0.495 e. The molecule has 1 aromatic carbocycles. The Labute approximate surface area is 186 Å². The number of nitriles is 1. The normalized spacial score (nSPS) is 10.6. The lowest BCUT2D eigenvalue weighted by molar-refractivity contribution is 0.0951. The molecule has 0 fully saturated rings. The second kappa shape index (κ2) is 10.4. The number of benzene rings is 1. The number of aromatic hydroxyl groups is 1. The maximum absolute atomic E-state index is 12.2. The summed E-state index contributed by atoms with van der Waals surface area (Å²) in [5, 5.41) is 27.1. The maximum Gasteiger partial charge on any atom is 0.252 e. The number of ether oxygens (including phenoxy) is 2. The molecule has 0 saturated carbocycles. The van der Waals surface area contributed by atoms with E-state index >= 15 is 0 Å². The Hall–Kier alpha value is -3.90. The molecule has 2 aromatic heterocycles. The highest BCUT2D eigenvalue weighted by Gasteiger charge is 2.18. The molecule has 0 unspecified atom stereocenters. The standard InChI is InChI=1S/C23H25N5O4/c1-15-10-17(12-24)20(32-3)11-18(15)19-14-27-28(23(19)30)21-7-6-16(13-26-21)22(29)25-8-4-5-9-31-2/h6-7,10-11,13-14,30H,4-5,8-9H2,1-3H3,(H,25,29). The molecule has 1 amide bonds. The molecule has 0 aliphatic heterocycles. The summed E-state index contributed by atoms with van der Waals surface area (Å²) in [5.41, 5.74) is 2.79. The van der Waals surface area contributed by atoms with Crippen LogP contribution in [-0.4, -0.2) is 53.1 Å². The topological polar surface area (TPSA) is 122 Å². The van der Waals surface area contributed by atoms with Crippen molar-refractivity contribution in [2.75, 3.05) is 27.4 Å². The summed E-state index contributed by atoms with van der Waals surface area (Å²) >= 11 is 0. The zero-order valence-corrected chi connectivity index (χ0v) is 18.3. The predicted octanol–water partition coefficient (Wildman–Crippen LogP) is 2.99. The van der Waals surface area contributed by atoms with E-state index in [1.54, 1.807) is 31.4 Å². The lowest BCUT2D eigenvalue weighted by atomic mass is 10.00. The molecule has 9 heteroatoms. The van der Waals surface area contributed by atoms with Crippen LogP contribution in [0.15, 0.2) is 36.7 Å². The zero-order chi connectivity index (χ0) is 23.1. The van der Waals surface area contributed by atoms with Crippen molar-refractivity contribution in [3.8, 4) is 34.6 Å². The summed E-state index contributed by atoms with van der Waals surface area (Å²) in [6, 6.07) is 8.73.